The molecule has 0 N–H and O–H groups in total. The first kappa shape index (κ1) is 27.1. The maximum Gasteiger partial charge on any atom is 0.501 e. The normalized spacial score (nSPS) is 12.3. The van der Waals surface area contributed by atoms with Crippen LogP contribution in [0.4, 0.5) is 0 Å². The lowest BCUT2D eigenvalue weighted by Crippen LogP contribution is -1.95. The Morgan fingerprint density at radius 2 is 0.885 bits per heavy atom. The summed E-state index contributed by atoms with van der Waals surface area (Å²) < 4.78 is 1.34. The van der Waals surface area contributed by atoms with Gasteiger partial charge in [0.25, 0.3) is 0 Å². The van der Waals surface area contributed by atoms with Gasteiger partial charge >= 0.3 is 19.3 Å². The molecule has 0 heterocycles. The Balaban J connectivity index is 3.09. The number of unbranched alkanes of at least 4 members (excludes halogenated alkanes) is 16. The molecule has 0 aromatic rings. The molecule has 0 aliphatic heterocycles. The van der Waals surface area contributed by atoms with Gasteiger partial charge in [-0.2, -0.15) is 0 Å². The Bertz CT molecular complexity index is 244. The summed E-state index contributed by atoms with van der Waals surface area (Å²) in [5.74, 6) is 0.953. The highest BCUT2D eigenvalue weighted by atomic mass is 35.5. The molecule has 1 unspecified atom stereocenters. The van der Waals surface area contributed by atoms with E-state index in [9.17, 15) is 0 Å². The van der Waals surface area contributed by atoms with Crippen molar-refractivity contribution in [1.29, 1.82) is 0 Å². The molecule has 0 nitrogen and oxygen atoms in total. The van der Waals surface area contributed by atoms with Crippen LogP contribution in [0.5, 0.6) is 0 Å². The zero-order valence-corrected chi connectivity index (χ0v) is 20.7. The van der Waals surface area contributed by atoms with Crippen LogP contribution < -0.4 is 0 Å². The third-order valence-corrected chi connectivity index (χ3v) is 7.45. The number of hydrogen-bond acceptors (Lipinski definition) is 0. The molecule has 0 saturated carbocycles. The van der Waals surface area contributed by atoms with Gasteiger partial charge in [0.1, 0.15) is 0 Å². The van der Waals surface area contributed by atoms with Crippen molar-refractivity contribution in [3.63, 3.8) is 0 Å². The third kappa shape index (κ3) is 23.1. The first-order valence-corrected chi connectivity index (χ1v) is 15.5. The molecule has 0 amide bonds. The van der Waals surface area contributed by atoms with E-state index in [-0.39, 0.29) is 19.3 Å². The summed E-state index contributed by atoms with van der Waals surface area (Å²) >= 11 is -0.194. The Morgan fingerprint density at radius 3 is 1.27 bits per heavy atom. The van der Waals surface area contributed by atoms with Crippen molar-refractivity contribution in [3.8, 4) is 0 Å². The van der Waals surface area contributed by atoms with Crippen LogP contribution in [0.1, 0.15) is 142 Å². The Morgan fingerprint density at radius 1 is 0.538 bits per heavy atom. The van der Waals surface area contributed by atoms with E-state index in [0.717, 1.165) is 5.92 Å². The first-order chi connectivity index (χ1) is 12.8. The SMILES string of the molecule is CCCCCCCCCCCCCCCCC(C)CCCCC[CH2][Mg][Cl]. The van der Waals surface area contributed by atoms with E-state index in [1.165, 1.54) is 133 Å². The molecule has 0 saturated heterocycles. The fourth-order valence-corrected chi connectivity index (χ4v) is 5.06. The average molecular weight is 397 g/mol. The maximum atomic E-state index is 5.85. The number of hydrogen-bond donors (Lipinski definition) is 0. The van der Waals surface area contributed by atoms with Gasteiger partial charge in [-0.1, -0.05) is 142 Å². The molecule has 2 heteroatoms. The van der Waals surface area contributed by atoms with E-state index < -0.39 is 0 Å². The third-order valence-electron chi connectivity index (χ3n) is 5.88. The van der Waals surface area contributed by atoms with E-state index in [1.54, 1.807) is 0 Å². The van der Waals surface area contributed by atoms with Crippen molar-refractivity contribution in [2.24, 2.45) is 5.92 Å². The minimum atomic E-state index is -0.194. The molecular weight excluding hydrogens is 348 g/mol. The van der Waals surface area contributed by atoms with Crippen LogP contribution in [0.25, 0.3) is 0 Å². The van der Waals surface area contributed by atoms with Crippen molar-refractivity contribution in [2.75, 3.05) is 0 Å². The van der Waals surface area contributed by atoms with Gasteiger partial charge in [-0.05, 0) is 5.92 Å². The second-order valence-electron chi connectivity index (χ2n) is 8.74. The van der Waals surface area contributed by atoms with Gasteiger partial charge in [-0.25, -0.2) is 0 Å². The first-order valence-electron chi connectivity index (χ1n) is 12.4. The quantitative estimate of drug-likeness (QED) is 0.126. The fourth-order valence-electron chi connectivity index (χ4n) is 3.95. The van der Waals surface area contributed by atoms with Crippen LogP contribution in [0, 0.1) is 5.92 Å². The van der Waals surface area contributed by atoms with Crippen LogP contribution in [-0.2, 0) is 0 Å². The minimum absolute atomic E-state index is 0.194. The van der Waals surface area contributed by atoms with E-state index in [2.05, 4.69) is 13.8 Å². The number of rotatable bonds is 22. The lowest BCUT2D eigenvalue weighted by atomic mass is 9.96. The smallest absolute Gasteiger partial charge is 0.346 e. The minimum Gasteiger partial charge on any atom is -0.346 e. The molecule has 26 heavy (non-hydrogen) atoms. The summed E-state index contributed by atoms with van der Waals surface area (Å²) in [5.41, 5.74) is 0. The Hall–Kier alpha value is 1.06. The topological polar surface area (TPSA) is 0 Å². The van der Waals surface area contributed by atoms with Crippen molar-refractivity contribution >= 4 is 28.3 Å². The zero-order chi connectivity index (χ0) is 19.1. The molecule has 0 fully saturated rings. The van der Waals surface area contributed by atoms with Gasteiger partial charge in [0.2, 0.25) is 0 Å². The number of halogens is 1. The summed E-state index contributed by atoms with van der Waals surface area (Å²) in [7, 11) is 5.85. The molecule has 0 spiro atoms. The molecule has 0 aliphatic carbocycles. The van der Waals surface area contributed by atoms with Gasteiger partial charge in [0.15, 0.2) is 0 Å². The summed E-state index contributed by atoms with van der Waals surface area (Å²) in [6, 6.07) is 0. The molecule has 0 aromatic carbocycles. The second-order valence-corrected chi connectivity index (χ2v) is 11.0. The summed E-state index contributed by atoms with van der Waals surface area (Å²) in [6.45, 7) is 4.77. The molecule has 154 valence electrons. The van der Waals surface area contributed by atoms with Crippen LogP contribution in [0.15, 0.2) is 0 Å². The van der Waals surface area contributed by atoms with E-state index in [0.29, 0.717) is 0 Å². The van der Waals surface area contributed by atoms with Gasteiger partial charge < -0.3 is 9.07 Å². The lowest BCUT2D eigenvalue weighted by Gasteiger charge is -2.11. The Labute approximate surface area is 180 Å². The van der Waals surface area contributed by atoms with Crippen molar-refractivity contribution in [1.82, 2.24) is 0 Å². The van der Waals surface area contributed by atoms with Gasteiger partial charge in [-0.3, -0.25) is 0 Å². The molecular formula is C24H49ClMg. The van der Waals surface area contributed by atoms with Crippen molar-refractivity contribution < 1.29 is 0 Å². The van der Waals surface area contributed by atoms with Gasteiger partial charge in [0.05, 0.1) is 0 Å². The average Bonchev–Trinajstić information content (AvgIpc) is 2.65. The second kappa shape index (κ2) is 24.1. The highest BCUT2D eigenvalue weighted by molar-refractivity contribution is 6.93. The molecule has 0 radical (unpaired) electrons. The van der Waals surface area contributed by atoms with Crippen molar-refractivity contribution in [2.45, 2.75) is 147 Å². The molecule has 1 atom stereocenters. The lowest BCUT2D eigenvalue weighted by molar-refractivity contribution is 0.433. The predicted octanol–water partition coefficient (Wildman–Crippen LogP) is 9.72. The molecule has 0 bridgehead atoms. The zero-order valence-electron chi connectivity index (χ0n) is 18.5. The maximum absolute atomic E-state index is 5.85. The molecule has 0 aromatic heterocycles. The van der Waals surface area contributed by atoms with Crippen LogP contribution in [0.3, 0.4) is 0 Å². The van der Waals surface area contributed by atoms with Crippen LogP contribution in [-0.4, -0.2) is 19.3 Å². The highest BCUT2D eigenvalue weighted by Crippen LogP contribution is 2.19. The monoisotopic (exact) mass is 396 g/mol. The Kier molecular flexibility index (Phi) is 25.1. The van der Waals surface area contributed by atoms with Crippen LogP contribution in [0.2, 0.25) is 4.55 Å². The van der Waals surface area contributed by atoms with Gasteiger partial charge in [-0.15, -0.1) is 4.55 Å². The summed E-state index contributed by atoms with van der Waals surface area (Å²) in [4.78, 5) is 0. The molecule has 0 rings (SSSR count). The molecule has 0 aliphatic rings. The summed E-state index contributed by atoms with van der Waals surface area (Å²) in [6.07, 6.45) is 29.2. The highest BCUT2D eigenvalue weighted by Gasteiger charge is 2.02. The van der Waals surface area contributed by atoms with E-state index in [1.807, 2.05) is 0 Å². The van der Waals surface area contributed by atoms with Gasteiger partial charge in [0, 0.05) is 0 Å². The van der Waals surface area contributed by atoms with Crippen molar-refractivity contribution in [3.05, 3.63) is 0 Å². The van der Waals surface area contributed by atoms with Crippen LogP contribution >= 0.6 is 9.07 Å². The van der Waals surface area contributed by atoms with E-state index in [4.69, 9.17) is 9.07 Å². The standard InChI is InChI=1S/C24H49.ClH.Mg/c1-4-6-8-10-11-12-13-14-15-16-17-18-19-21-23-24(3)22-20-9-7-5-2;;/h24H,2,4-23H2,1,3H3;1H;/q;;+1/p-1. The largest absolute Gasteiger partial charge is 0.501 e. The summed E-state index contributed by atoms with van der Waals surface area (Å²) in [5, 5.41) is 0. The predicted molar refractivity (Wildman–Crippen MR) is 124 cm³/mol. The fraction of sp³-hybridized carbons (Fsp3) is 1.00. The van der Waals surface area contributed by atoms with E-state index >= 15 is 0 Å².